The Balaban J connectivity index is 2.59. The third-order valence-electron chi connectivity index (χ3n) is 3.66. The lowest BCUT2D eigenvalue weighted by Gasteiger charge is -2.26. The largest absolute Gasteiger partial charge is 0.481 e. The predicted molar refractivity (Wildman–Crippen MR) is 66.6 cm³/mol. The molecule has 0 radical (unpaired) electrons. The highest BCUT2D eigenvalue weighted by Crippen LogP contribution is 2.45. The van der Waals surface area contributed by atoms with Crippen molar-refractivity contribution in [2.24, 2.45) is 0 Å². The van der Waals surface area contributed by atoms with Crippen LogP contribution in [0.2, 0.25) is 0 Å². The number of hydrogen-bond donors (Lipinski definition) is 1. The van der Waals surface area contributed by atoms with E-state index in [1.54, 1.807) is 19.1 Å². The third-order valence-corrected chi connectivity index (χ3v) is 4.43. The van der Waals surface area contributed by atoms with Crippen LogP contribution < -0.4 is 0 Å². The number of aliphatic carboxylic acids is 1. The summed E-state index contributed by atoms with van der Waals surface area (Å²) in [7, 11) is 0. The van der Waals surface area contributed by atoms with Crippen molar-refractivity contribution >= 4 is 21.9 Å². The Hall–Kier alpha value is -0.900. The monoisotopic (exact) mass is 300 g/mol. The molecule has 1 aliphatic carbocycles. The molecule has 0 bridgehead atoms. The van der Waals surface area contributed by atoms with Crippen LogP contribution in [-0.2, 0) is 10.2 Å². The van der Waals surface area contributed by atoms with Gasteiger partial charge in [0.05, 0.1) is 9.89 Å². The van der Waals surface area contributed by atoms with Crippen LogP contribution in [-0.4, -0.2) is 11.1 Å². The Morgan fingerprint density at radius 1 is 1.41 bits per heavy atom. The first-order chi connectivity index (χ1) is 7.99. The van der Waals surface area contributed by atoms with E-state index in [1.165, 1.54) is 0 Å². The third kappa shape index (κ3) is 1.88. The topological polar surface area (TPSA) is 37.3 Å². The van der Waals surface area contributed by atoms with Gasteiger partial charge in [0, 0.05) is 0 Å². The summed E-state index contributed by atoms with van der Waals surface area (Å²) in [6.45, 7) is 1.67. The normalized spacial score (nSPS) is 18.3. The van der Waals surface area contributed by atoms with E-state index >= 15 is 0 Å². The molecule has 0 spiro atoms. The van der Waals surface area contributed by atoms with Crippen molar-refractivity contribution in [3.05, 3.63) is 33.5 Å². The Kier molecular flexibility index (Phi) is 3.25. The van der Waals surface area contributed by atoms with Gasteiger partial charge < -0.3 is 5.11 Å². The maximum Gasteiger partial charge on any atom is 0.314 e. The molecular formula is C13H14BrFO2. The highest BCUT2D eigenvalue weighted by atomic mass is 79.9. The van der Waals surface area contributed by atoms with E-state index in [4.69, 9.17) is 0 Å². The number of carbonyl (C=O) groups is 1. The van der Waals surface area contributed by atoms with Crippen molar-refractivity contribution < 1.29 is 14.3 Å². The molecule has 0 saturated heterocycles. The minimum absolute atomic E-state index is 0.307. The summed E-state index contributed by atoms with van der Waals surface area (Å²) in [4.78, 5) is 11.5. The summed E-state index contributed by atoms with van der Waals surface area (Å²) in [5.74, 6) is -1.20. The summed E-state index contributed by atoms with van der Waals surface area (Å²) in [6, 6.07) is 3.39. The summed E-state index contributed by atoms with van der Waals surface area (Å²) in [5.41, 5.74) is 0.192. The number of rotatable bonds is 2. The van der Waals surface area contributed by atoms with Gasteiger partial charge in [0.25, 0.3) is 0 Å². The number of hydrogen-bond acceptors (Lipinski definition) is 1. The van der Waals surface area contributed by atoms with Gasteiger partial charge in [0.15, 0.2) is 0 Å². The van der Waals surface area contributed by atoms with Gasteiger partial charge in [-0.15, -0.1) is 0 Å². The second kappa shape index (κ2) is 4.41. The fourth-order valence-electron chi connectivity index (χ4n) is 2.59. The van der Waals surface area contributed by atoms with Crippen molar-refractivity contribution in [2.45, 2.75) is 38.0 Å². The molecular weight excluding hydrogens is 287 g/mol. The molecule has 0 atom stereocenters. The maximum absolute atomic E-state index is 13.8. The van der Waals surface area contributed by atoms with Gasteiger partial charge in [0.1, 0.15) is 5.82 Å². The van der Waals surface area contributed by atoms with Crippen molar-refractivity contribution in [2.75, 3.05) is 0 Å². The van der Waals surface area contributed by atoms with E-state index in [9.17, 15) is 14.3 Å². The quantitative estimate of drug-likeness (QED) is 0.902. The van der Waals surface area contributed by atoms with Gasteiger partial charge in [-0.25, -0.2) is 4.39 Å². The van der Waals surface area contributed by atoms with E-state index in [-0.39, 0.29) is 5.82 Å². The van der Waals surface area contributed by atoms with Crippen molar-refractivity contribution in [1.82, 2.24) is 0 Å². The van der Waals surface area contributed by atoms with Crippen molar-refractivity contribution in [3.8, 4) is 0 Å². The molecule has 0 heterocycles. The minimum Gasteiger partial charge on any atom is -0.481 e. The SMILES string of the molecule is Cc1ccc(C2(C(=O)O)CCCC2)c(Br)c1F. The maximum atomic E-state index is 13.8. The van der Waals surface area contributed by atoms with Crippen LogP contribution in [0.4, 0.5) is 4.39 Å². The first-order valence-electron chi connectivity index (χ1n) is 5.67. The number of aryl methyl sites for hydroxylation is 1. The fourth-order valence-corrected chi connectivity index (χ4v) is 3.42. The molecule has 0 aromatic heterocycles. The van der Waals surface area contributed by atoms with Crippen LogP contribution in [0.1, 0.15) is 36.8 Å². The van der Waals surface area contributed by atoms with Crippen LogP contribution in [0.25, 0.3) is 0 Å². The van der Waals surface area contributed by atoms with Crippen molar-refractivity contribution in [3.63, 3.8) is 0 Å². The van der Waals surface area contributed by atoms with Gasteiger partial charge >= 0.3 is 5.97 Å². The summed E-state index contributed by atoms with van der Waals surface area (Å²) >= 11 is 3.21. The van der Waals surface area contributed by atoms with Gasteiger partial charge in [-0.2, -0.15) is 0 Å². The average molecular weight is 301 g/mol. The number of carboxylic acid groups (broad SMARTS) is 1. The van der Waals surface area contributed by atoms with Crippen LogP contribution in [0, 0.1) is 12.7 Å². The molecule has 92 valence electrons. The van der Waals surface area contributed by atoms with Crippen LogP contribution in [0.5, 0.6) is 0 Å². The molecule has 4 heteroatoms. The highest BCUT2D eigenvalue weighted by molar-refractivity contribution is 9.10. The van der Waals surface area contributed by atoms with E-state index in [1.807, 2.05) is 0 Å². The summed E-state index contributed by atoms with van der Waals surface area (Å²) in [6.07, 6.45) is 2.94. The molecule has 1 fully saturated rings. The fraction of sp³-hybridized carbons (Fsp3) is 0.462. The molecule has 17 heavy (non-hydrogen) atoms. The molecule has 1 saturated carbocycles. The Labute approximate surface area is 108 Å². The van der Waals surface area contributed by atoms with E-state index in [0.29, 0.717) is 28.4 Å². The second-order valence-corrected chi connectivity index (χ2v) is 5.45. The lowest BCUT2D eigenvalue weighted by Crippen LogP contribution is -2.33. The average Bonchev–Trinajstić information content (AvgIpc) is 2.76. The zero-order chi connectivity index (χ0) is 12.6. The number of carboxylic acids is 1. The molecule has 1 N–H and O–H groups in total. The summed E-state index contributed by atoms with van der Waals surface area (Å²) in [5, 5.41) is 9.46. The van der Waals surface area contributed by atoms with Gasteiger partial charge in [-0.05, 0) is 46.8 Å². The molecule has 1 aromatic carbocycles. The number of halogens is 2. The highest BCUT2D eigenvalue weighted by Gasteiger charge is 2.44. The Bertz CT molecular complexity index is 465. The first kappa shape index (κ1) is 12.6. The van der Waals surface area contributed by atoms with Gasteiger partial charge in [0.2, 0.25) is 0 Å². The second-order valence-electron chi connectivity index (χ2n) is 4.65. The summed E-state index contributed by atoms with van der Waals surface area (Å²) < 4.78 is 14.1. The van der Waals surface area contributed by atoms with E-state index in [0.717, 1.165) is 12.8 Å². The standard InChI is InChI=1S/C13H14BrFO2/c1-8-4-5-9(10(14)11(8)15)13(12(16)17)6-2-3-7-13/h4-5H,2-3,6-7H2,1H3,(H,16,17). The zero-order valence-electron chi connectivity index (χ0n) is 9.59. The van der Waals surface area contributed by atoms with Crippen LogP contribution >= 0.6 is 15.9 Å². The minimum atomic E-state index is -0.909. The van der Waals surface area contributed by atoms with E-state index < -0.39 is 11.4 Å². The lowest BCUT2D eigenvalue weighted by atomic mass is 9.78. The molecule has 0 unspecified atom stereocenters. The lowest BCUT2D eigenvalue weighted by molar-refractivity contribution is -0.143. The molecule has 1 aromatic rings. The van der Waals surface area contributed by atoms with Crippen LogP contribution in [0.15, 0.2) is 16.6 Å². The molecule has 2 rings (SSSR count). The molecule has 0 amide bonds. The molecule has 1 aliphatic rings. The first-order valence-corrected chi connectivity index (χ1v) is 6.47. The Morgan fingerprint density at radius 3 is 2.53 bits per heavy atom. The van der Waals surface area contributed by atoms with Crippen molar-refractivity contribution in [1.29, 1.82) is 0 Å². The molecule has 0 aliphatic heterocycles. The van der Waals surface area contributed by atoms with Gasteiger partial charge in [-0.1, -0.05) is 25.0 Å². The smallest absolute Gasteiger partial charge is 0.314 e. The number of benzene rings is 1. The molecule has 2 nitrogen and oxygen atoms in total. The Morgan fingerprint density at radius 2 is 2.00 bits per heavy atom. The van der Waals surface area contributed by atoms with Gasteiger partial charge in [-0.3, -0.25) is 4.79 Å². The predicted octanol–water partition coefficient (Wildman–Crippen LogP) is 3.79. The van der Waals surface area contributed by atoms with Crippen LogP contribution in [0.3, 0.4) is 0 Å². The zero-order valence-corrected chi connectivity index (χ0v) is 11.2. The van der Waals surface area contributed by atoms with E-state index in [2.05, 4.69) is 15.9 Å².